The molecule has 3 rings (SSSR count). The molecule has 0 atom stereocenters. The molecule has 1 fully saturated rings. The fraction of sp³-hybridized carbons (Fsp3) is 0.444. The predicted molar refractivity (Wildman–Crippen MR) is 137 cm³/mol. The normalized spacial score (nSPS) is 20.0. The standard InChI is InChI=1S/C27H36N4O4/c1-4-28-25(31-26(33)35-5-2)30-21-15-17-27(18-16-21,20-11-7-6-8-12-20)19-29-24(32)22-13-9-10-14-23(22)34-3/h6-14,21H,4-5,15-19H2,1-3H3,(H,29,32)(H2,28,30,31,33). The third-order valence-corrected chi connectivity index (χ3v) is 6.42. The average molecular weight is 481 g/mol. The molecule has 0 saturated heterocycles. The van der Waals surface area contributed by atoms with Gasteiger partial charge in [0.2, 0.25) is 5.96 Å². The second-order valence-corrected chi connectivity index (χ2v) is 8.62. The molecule has 1 aliphatic rings. The van der Waals surface area contributed by atoms with E-state index in [0.29, 0.717) is 37.0 Å². The molecular formula is C27H36N4O4. The van der Waals surface area contributed by atoms with E-state index in [9.17, 15) is 9.59 Å². The third-order valence-electron chi connectivity index (χ3n) is 6.42. The summed E-state index contributed by atoms with van der Waals surface area (Å²) >= 11 is 0. The molecule has 2 aromatic carbocycles. The summed E-state index contributed by atoms with van der Waals surface area (Å²) in [5, 5.41) is 9.23. The van der Waals surface area contributed by atoms with Gasteiger partial charge in [0.1, 0.15) is 5.75 Å². The number of aliphatic imine (C=N–C) groups is 1. The topological polar surface area (TPSA) is 101 Å². The molecule has 1 saturated carbocycles. The van der Waals surface area contributed by atoms with Crippen LogP contribution in [-0.2, 0) is 10.2 Å². The van der Waals surface area contributed by atoms with Crippen molar-refractivity contribution in [2.24, 2.45) is 4.99 Å². The second kappa shape index (κ2) is 12.8. The van der Waals surface area contributed by atoms with Crippen molar-refractivity contribution >= 4 is 18.0 Å². The summed E-state index contributed by atoms with van der Waals surface area (Å²) in [5.74, 6) is 0.852. The van der Waals surface area contributed by atoms with Gasteiger partial charge >= 0.3 is 6.09 Å². The van der Waals surface area contributed by atoms with E-state index < -0.39 is 6.09 Å². The number of rotatable bonds is 8. The Morgan fingerprint density at radius 1 is 1.03 bits per heavy atom. The van der Waals surface area contributed by atoms with Gasteiger partial charge in [0.15, 0.2) is 0 Å². The Kier molecular flexibility index (Phi) is 9.52. The largest absolute Gasteiger partial charge is 0.496 e. The minimum absolute atomic E-state index is 0.144. The second-order valence-electron chi connectivity index (χ2n) is 8.62. The van der Waals surface area contributed by atoms with Crippen LogP contribution in [-0.4, -0.2) is 50.8 Å². The van der Waals surface area contributed by atoms with Crippen LogP contribution in [0.3, 0.4) is 0 Å². The number of carbonyl (C=O) groups is 2. The van der Waals surface area contributed by atoms with Gasteiger partial charge < -0.3 is 20.1 Å². The van der Waals surface area contributed by atoms with Crippen LogP contribution in [0.1, 0.15) is 55.5 Å². The molecule has 8 nitrogen and oxygen atoms in total. The van der Waals surface area contributed by atoms with Gasteiger partial charge in [-0.2, -0.15) is 0 Å². The zero-order valence-corrected chi connectivity index (χ0v) is 20.8. The van der Waals surface area contributed by atoms with E-state index in [-0.39, 0.29) is 17.4 Å². The summed E-state index contributed by atoms with van der Waals surface area (Å²) in [7, 11) is 1.57. The molecule has 0 heterocycles. The summed E-state index contributed by atoms with van der Waals surface area (Å²) in [6, 6.07) is 17.8. The van der Waals surface area contributed by atoms with Gasteiger partial charge in [0.05, 0.1) is 19.3 Å². The lowest BCUT2D eigenvalue weighted by Gasteiger charge is -2.41. The Morgan fingerprint density at radius 2 is 1.71 bits per heavy atom. The van der Waals surface area contributed by atoms with Crippen molar-refractivity contribution in [2.45, 2.75) is 51.0 Å². The number of ether oxygens (including phenoxy) is 2. The smallest absolute Gasteiger partial charge is 0.413 e. The highest BCUT2D eigenvalue weighted by molar-refractivity contribution is 5.97. The minimum atomic E-state index is -0.513. The molecule has 0 aliphatic heterocycles. The van der Waals surface area contributed by atoms with Gasteiger partial charge in [0, 0.05) is 24.5 Å². The van der Waals surface area contributed by atoms with E-state index in [1.807, 2.05) is 37.3 Å². The Balaban J connectivity index is 1.70. The van der Waals surface area contributed by atoms with Gasteiger partial charge in [-0.25, -0.2) is 4.79 Å². The van der Waals surface area contributed by atoms with Gasteiger partial charge in [0.25, 0.3) is 5.91 Å². The predicted octanol–water partition coefficient (Wildman–Crippen LogP) is 4.02. The molecule has 0 spiro atoms. The van der Waals surface area contributed by atoms with Gasteiger partial charge in [-0.3, -0.25) is 15.1 Å². The summed E-state index contributed by atoms with van der Waals surface area (Å²) < 4.78 is 10.3. The first-order chi connectivity index (χ1) is 17.0. The van der Waals surface area contributed by atoms with Crippen molar-refractivity contribution in [1.29, 1.82) is 0 Å². The number of hydrogen-bond donors (Lipinski definition) is 3. The van der Waals surface area contributed by atoms with Gasteiger partial charge in [-0.05, 0) is 57.2 Å². The van der Waals surface area contributed by atoms with Crippen LogP contribution in [0.5, 0.6) is 5.75 Å². The maximum atomic E-state index is 13.0. The molecule has 188 valence electrons. The molecule has 35 heavy (non-hydrogen) atoms. The van der Waals surface area contributed by atoms with E-state index in [0.717, 1.165) is 25.7 Å². The number of nitrogens with zero attached hydrogens (tertiary/aromatic N) is 1. The number of guanidine groups is 1. The van der Waals surface area contributed by atoms with Crippen LogP contribution >= 0.6 is 0 Å². The fourth-order valence-corrected chi connectivity index (χ4v) is 4.59. The maximum absolute atomic E-state index is 13.0. The van der Waals surface area contributed by atoms with Crippen molar-refractivity contribution in [3.63, 3.8) is 0 Å². The van der Waals surface area contributed by atoms with Crippen LogP contribution in [0.15, 0.2) is 59.6 Å². The molecule has 2 amide bonds. The van der Waals surface area contributed by atoms with Crippen molar-refractivity contribution in [1.82, 2.24) is 16.0 Å². The van der Waals surface area contributed by atoms with E-state index in [4.69, 9.17) is 9.47 Å². The third kappa shape index (κ3) is 6.97. The van der Waals surface area contributed by atoms with Crippen molar-refractivity contribution in [2.75, 3.05) is 26.8 Å². The highest BCUT2D eigenvalue weighted by Gasteiger charge is 2.37. The zero-order chi connectivity index (χ0) is 25.1. The SMILES string of the molecule is CCN=C(NC(=O)OCC)NC1CCC(CNC(=O)c2ccccc2OC)(c2ccccc2)CC1. The number of benzene rings is 2. The monoisotopic (exact) mass is 480 g/mol. The lowest BCUT2D eigenvalue weighted by Crippen LogP contribution is -2.50. The number of para-hydroxylation sites is 1. The Hall–Kier alpha value is -3.55. The molecule has 8 heteroatoms. The fourth-order valence-electron chi connectivity index (χ4n) is 4.59. The molecule has 0 unspecified atom stereocenters. The number of carbonyl (C=O) groups excluding carboxylic acids is 2. The van der Waals surface area contributed by atoms with E-state index in [1.165, 1.54) is 5.56 Å². The maximum Gasteiger partial charge on any atom is 0.413 e. The Labute approximate surface area is 207 Å². The number of hydrogen-bond acceptors (Lipinski definition) is 5. The van der Waals surface area contributed by atoms with E-state index in [1.54, 1.807) is 26.2 Å². The summed E-state index contributed by atoms with van der Waals surface area (Å²) in [5.41, 5.74) is 1.55. The van der Waals surface area contributed by atoms with Crippen molar-refractivity contribution in [3.8, 4) is 5.75 Å². The van der Waals surface area contributed by atoms with Gasteiger partial charge in [-0.1, -0.05) is 42.5 Å². The quantitative estimate of drug-likeness (QED) is 0.391. The molecular weight excluding hydrogens is 444 g/mol. The highest BCUT2D eigenvalue weighted by atomic mass is 16.5. The van der Waals surface area contributed by atoms with Crippen molar-refractivity contribution in [3.05, 3.63) is 65.7 Å². The first-order valence-corrected chi connectivity index (χ1v) is 12.2. The molecule has 0 bridgehead atoms. The van der Waals surface area contributed by atoms with Crippen molar-refractivity contribution < 1.29 is 19.1 Å². The number of methoxy groups -OCH3 is 1. The molecule has 0 aromatic heterocycles. The van der Waals surface area contributed by atoms with Crippen LogP contribution in [0.2, 0.25) is 0 Å². The Bertz CT molecular complexity index is 1000. The van der Waals surface area contributed by atoms with Crippen LogP contribution in [0.25, 0.3) is 0 Å². The lowest BCUT2D eigenvalue weighted by molar-refractivity contribution is 0.0932. The molecule has 0 radical (unpaired) electrons. The molecule has 1 aliphatic carbocycles. The summed E-state index contributed by atoms with van der Waals surface area (Å²) in [6.07, 6.45) is 2.97. The first kappa shape index (κ1) is 26.1. The summed E-state index contributed by atoms with van der Waals surface area (Å²) in [6.45, 7) is 5.05. The lowest BCUT2D eigenvalue weighted by atomic mass is 9.68. The Morgan fingerprint density at radius 3 is 2.37 bits per heavy atom. The minimum Gasteiger partial charge on any atom is -0.496 e. The number of amides is 2. The van der Waals surface area contributed by atoms with E-state index >= 15 is 0 Å². The molecule has 3 N–H and O–H groups in total. The number of alkyl carbamates (subject to hydrolysis) is 1. The average Bonchev–Trinajstić information content (AvgIpc) is 2.89. The first-order valence-electron chi connectivity index (χ1n) is 12.2. The summed E-state index contributed by atoms with van der Waals surface area (Å²) in [4.78, 5) is 29.2. The van der Waals surface area contributed by atoms with Crippen LogP contribution < -0.4 is 20.7 Å². The van der Waals surface area contributed by atoms with Crippen LogP contribution in [0, 0.1) is 0 Å². The van der Waals surface area contributed by atoms with Crippen LogP contribution in [0.4, 0.5) is 4.79 Å². The molecule has 2 aromatic rings. The highest BCUT2D eigenvalue weighted by Crippen LogP contribution is 2.39. The van der Waals surface area contributed by atoms with E-state index in [2.05, 4.69) is 33.1 Å². The zero-order valence-electron chi connectivity index (χ0n) is 20.8. The number of nitrogens with one attached hydrogen (secondary N) is 3. The van der Waals surface area contributed by atoms with Gasteiger partial charge in [-0.15, -0.1) is 0 Å².